The maximum atomic E-state index is 11.9. The lowest BCUT2D eigenvalue weighted by Crippen LogP contribution is -2.12. The van der Waals surface area contributed by atoms with E-state index in [0.29, 0.717) is 10.6 Å². The molecule has 122 valence electrons. The van der Waals surface area contributed by atoms with Crippen LogP contribution < -0.4 is 0 Å². The second-order valence-electron chi connectivity index (χ2n) is 4.69. The summed E-state index contributed by atoms with van der Waals surface area (Å²) in [5.74, 6) is -1.11. The van der Waals surface area contributed by atoms with E-state index in [9.17, 15) is 19.7 Å². The molecule has 2 aromatic carbocycles. The Labute approximate surface area is 142 Å². The molecule has 0 aromatic heterocycles. The standard InChI is InChI=1S/C17H12ClNO5/c18-15-4-2-1-3-14(15)16(20)11-24-17(21)10-7-12-5-8-13(9-6-12)19(22)23/h1-10H,11H2/b10-7+. The van der Waals surface area contributed by atoms with Crippen molar-refractivity contribution in [2.75, 3.05) is 6.61 Å². The van der Waals surface area contributed by atoms with Crippen LogP contribution in [0.2, 0.25) is 5.02 Å². The molecular formula is C17H12ClNO5. The first kappa shape index (κ1) is 17.4. The normalized spacial score (nSPS) is 10.5. The number of hydrogen-bond donors (Lipinski definition) is 0. The van der Waals surface area contributed by atoms with E-state index < -0.39 is 23.3 Å². The molecule has 24 heavy (non-hydrogen) atoms. The van der Waals surface area contributed by atoms with Crippen LogP contribution in [0.5, 0.6) is 0 Å². The van der Waals surface area contributed by atoms with E-state index in [1.54, 1.807) is 24.3 Å². The number of halogens is 1. The number of nitro benzene ring substituents is 1. The van der Waals surface area contributed by atoms with E-state index in [0.717, 1.165) is 6.08 Å². The Morgan fingerprint density at radius 2 is 1.79 bits per heavy atom. The lowest BCUT2D eigenvalue weighted by Gasteiger charge is -2.03. The molecule has 0 aliphatic heterocycles. The molecule has 0 spiro atoms. The van der Waals surface area contributed by atoms with Gasteiger partial charge in [0.05, 0.1) is 9.95 Å². The number of benzene rings is 2. The molecular weight excluding hydrogens is 334 g/mol. The Bertz CT molecular complexity index is 799. The van der Waals surface area contributed by atoms with Crippen LogP contribution in [0.25, 0.3) is 6.08 Å². The van der Waals surface area contributed by atoms with Gasteiger partial charge in [0.15, 0.2) is 6.61 Å². The summed E-state index contributed by atoms with van der Waals surface area (Å²) < 4.78 is 4.85. The van der Waals surface area contributed by atoms with Crippen LogP contribution in [0.15, 0.2) is 54.6 Å². The van der Waals surface area contributed by atoms with Crippen LogP contribution in [0, 0.1) is 10.1 Å². The molecule has 0 saturated carbocycles. The van der Waals surface area contributed by atoms with Gasteiger partial charge in [0.25, 0.3) is 5.69 Å². The maximum Gasteiger partial charge on any atom is 0.331 e. The number of hydrogen-bond acceptors (Lipinski definition) is 5. The van der Waals surface area contributed by atoms with Crippen LogP contribution in [-0.2, 0) is 9.53 Å². The molecule has 0 bridgehead atoms. The quantitative estimate of drug-likeness (QED) is 0.262. The number of ether oxygens (including phenoxy) is 1. The highest BCUT2D eigenvalue weighted by molar-refractivity contribution is 6.34. The van der Waals surface area contributed by atoms with Crippen molar-refractivity contribution in [2.45, 2.75) is 0 Å². The SMILES string of the molecule is O=C(/C=C/c1ccc([N+](=O)[O-])cc1)OCC(=O)c1ccccc1Cl. The van der Waals surface area contributed by atoms with Gasteiger partial charge in [-0.3, -0.25) is 14.9 Å². The topological polar surface area (TPSA) is 86.5 Å². The van der Waals surface area contributed by atoms with E-state index in [4.69, 9.17) is 16.3 Å². The van der Waals surface area contributed by atoms with Gasteiger partial charge >= 0.3 is 5.97 Å². The molecule has 2 rings (SSSR count). The van der Waals surface area contributed by atoms with Crippen LogP contribution in [0.3, 0.4) is 0 Å². The Morgan fingerprint density at radius 3 is 2.42 bits per heavy atom. The number of nitrogens with zero attached hydrogens (tertiary/aromatic N) is 1. The van der Waals surface area contributed by atoms with Gasteiger partial charge in [0, 0.05) is 23.8 Å². The monoisotopic (exact) mass is 345 g/mol. The fraction of sp³-hybridized carbons (Fsp3) is 0.0588. The predicted octanol–water partition coefficient (Wildman–Crippen LogP) is 3.69. The van der Waals surface area contributed by atoms with Crippen molar-refractivity contribution in [3.8, 4) is 0 Å². The predicted molar refractivity (Wildman–Crippen MR) is 88.9 cm³/mol. The average molecular weight is 346 g/mol. The number of rotatable bonds is 6. The highest BCUT2D eigenvalue weighted by Gasteiger charge is 2.11. The van der Waals surface area contributed by atoms with Crippen LogP contribution in [-0.4, -0.2) is 23.3 Å². The first-order chi connectivity index (χ1) is 11.5. The fourth-order valence-corrected chi connectivity index (χ4v) is 2.06. The van der Waals surface area contributed by atoms with Gasteiger partial charge < -0.3 is 4.74 Å². The molecule has 0 amide bonds. The zero-order chi connectivity index (χ0) is 17.5. The summed E-state index contributed by atoms with van der Waals surface area (Å²) in [6.45, 7) is -0.423. The molecule has 0 unspecified atom stereocenters. The van der Waals surface area contributed by atoms with Crippen molar-refractivity contribution in [2.24, 2.45) is 0 Å². The number of non-ortho nitro benzene ring substituents is 1. The molecule has 0 saturated heterocycles. The van der Waals surface area contributed by atoms with Crippen LogP contribution >= 0.6 is 11.6 Å². The van der Waals surface area contributed by atoms with Crippen molar-refractivity contribution in [3.05, 3.63) is 80.9 Å². The molecule has 7 heteroatoms. The van der Waals surface area contributed by atoms with E-state index in [-0.39, 0.29) is 11.3 Å². The molecule has 0 N–H and O–H groups in total. The number of nitro groups is 1. The fourth-order valence-electron chi connectivity index (χ4n) is 1.82. The minimum absolute atomic E-state index is 0.0416. The summed E-state index contributed by atoms with van der Waals surface area (Å²) in [6, 6.07) is 12.1. The Balaban J connectivity index is 1.90. The largest absolute Gasteiger partial charge is 0.454 e. The van der Waals surface area contributed by atoms with Gasteiger partial charge in [0.2, 0.25) is 5.78 Å². The number of carbonyl (C=O) groups is 2. The summed E-state index contributed by atoms with van der Waals surface area (Å²) >= 11 is 5.89. The summed E-state index contributed by atoms with van der Waals surface area (Å²) in [6.07, 6.45) is 2.58. The summed E-state index contributed by atoms with van der Waals surface area (Å²) in [7, 11) is 0. The second kappa shape index (κ2) is 8.03. The van der Waals surface area contributed by atoms with Crippen LogP contribution in [0.1, 0.15) is 15.9 Å². The summed E-state index contributed by atoms with van der Waals surface area (Å²) in [4.78, 5) is 33.5. The van der Waals surface area contributed by atoms with Gasteiger partial charge in [-0.05, 0) is 35.9 Å². The number of Topliss-reactive ketones (excluding diaryl/α,β-unsaturated/α-hetero) is 1. The third kappa shape index (κ3) is 4.76. The van der Waals surface area contributed by atoms with Crippen molar-refractivity contribution in [1.29, 1.82) is 0 Å². The van der Waals surface area contributed by atoms with Gasteiger partial charge in [-0.25, -0.2) is 4.79 Å². The molecule has 2 aromatic rings. The van der Waals surface area contributed by atoms with E-state index in [2.05, 4.69) is 0 Å². The van der Waals surface area contributed by atoms with Crippen molar-refractivity contribution in [3.63, 3.8) is 0 Å². The molecule has 0 fully saturated rings. The van der Waals surface area contributed by atoms with E-state index in [1.807, 2.05) is 0 Å². The van der Waals surface area contributed by atoms with Gasteiger partial charge in [-0.1, -0.05) is 23.7 Å². The summed E-state index contributed by atoms with van der Waals surface area (Å²) in [5, 5.41) is 10.8. The highest BCUT2D eigenvalue weighted by Crippen LogP contribution is 2.16. The minimum Gasteiger partial charge on any atom is -0.454 e. The number of carbonyl (C=O) groups excluding carboxylic acids is 2. The Kier molecular flexibility index (Phi) is 5.81. The average Bonchev–Trinajstić information content (AvgIpc) is 2.58. The molecule has 0 radical (unpaired) electrons. The summed E-state index contributed by atoms with van der Waals surface area (Å²) in [5.41, 5.74) is 0.835. The van der Waals surface area contributed by atoms with Crippen molar-refractivity contribution >= 4 is 35.1 Å². The van der Waals surface area contributed by atoms with Gasteiger partial charge in [-0.15, -0.1) is 0 Å². The smallest absolute Gasteiger partial charge is 0.331 e. The maximum absolute atomic E-state index is 11.9. The minimum atomic E-state index is -0.700. The third-order valence-electron chi connectivity index (χ3n) is 3.04. The third-order valence-corrected chi connectivity index (χ3v) is 3.37. The second-order valence-corrected chi connectivity index (χ2v) is 5.10. The zero-order valence-electron chi connectivity index (χ0n) is 12.3. The molecule has 0 aliphatic carbocycles. The molecule has 0 heterocycles. The van der Waals surface area contributed by atoms with Gasteiger partial charge in [-0.2, -0.15) is 0 Å². The number of ketones is 1. The van der Waals surface area contributed by atoms with E-state index in [1.165, 1.54) is 30.3 Å². The molecule has 6 nitrogen and oxygen atoms in total. The zero-order valence-corrected chi connectivity index (χ0v) is 13.1. The highest BCUT2D eigenvalue weighted by atomic mass is 35.5. The van der Waals surface area contributed by atoms with Crippen molar-refractivity contribution < 1.29 is 19.2 Å². The molecule has 0 atom stereocenters. The first-order valence-corrected chi connectivity index (χ1v) is 7.22. The van der Waals surface area contributed by atoms with E-state index >= 15 is 0 Å². The van der Waals surface area contributed by atoms with Crippen LogP contribution in [0.4, 0.5) is 5.69 Å². The number of esters is 1. The Hall–Kier alpha value is -2.99. The first-order valence-electron chi connectivity index (χ1n) is 6.84. The van der Waals surface area contributed by atoms with Crippen molar-refractivity contribution in [1.82, 2.24) is 0 Å². The Morgan fingerprint density at radius 1 is 1.12 bits per heavy atom. The van der Waals surface area contributed by atoms with Gasteiger partial charge in [0.1, 0.15) is 0 Å². The lowest BCUT2D eigenvalue weighted by atomic mass is 10.1. The molecule has 0 aliphatic rings. The lowest BCUT2D eigenvalue weighted by molar-refractivity contribution is -0.384.